The molecule has 3 nitrogen and oxygen atoms in total. The summed E-state index contributed by atoms with van der Waals surface area (Å²) in [4.78, 5) is 2.46. The van der Waals surface area contributed by atoms with Crippen molar-refractivity contribution in [2.75, 3.05) is 20.2 Å². The van der Waals surface area contributed by atoms with Crippen LogP contribution in [0.15, 0.2) is 22.6 Å². The summed E-state index contributed by atoms with van der Waals surface area (Å²) in [6, 6.07) is 6.72. The molecular formula is C17H27NO2. The molecule has 1 unspecified atom stereocenters. The standard InChI is InChI=1S/C10H12O2.C7H15N/c1-2-3-6-11-10-7-8-4-5-9(10)12-8;1-3-7-5-4-6-8(7)2/h4-5,7H,2-3,6H2,1H3;7H,3-6H2,1-2H3. The molecular weight excluding hydrogens is 250 g/mol. The fourth-order valence-electron chi connectivity index (χ4n) is 2.70. The zero-order valence-corrected chi connectivity index (χ0v) is 13.0. The third-order valence-electron chi connectivity index (χ3n) is 4.04. The van der Waals surface area contributed by atoms with Gasteiger partial charge >= 0.3 is 0 Å². The summed E-state index contributed by atoms with van der Waals surface area (Å²) in [6.07, 6.45) is 6.43. The van der Waals surface area contributed by atoms with Crippen LogP contribution in [-0.4, -0.2) is 31.1 Å². The number of likely N-dealkylation sites (tertiary alicyclic amines) is 1. The summed E-state index contributed by atoms with van der Waals surface area (Å²) in [5.41, 5.74) is 1.76. The topological polar surface area (TPSA) is 25.6 Å². The normalized spacial score (nSPS) is 19.2. The molecule has 1 saturated heterocycles. The van der Waals surface area contributed by atoms with E-state index in [9.17, 15) is 0 Å². The van der Waals surface area contributed by atoms with E-state index in [1.807, 2.05) is 18.2 Å². The van der Waals surface area contributed by atoms with Crippen LogP contribution in [0.2, 0.25) is 0 Å². The second kappa shape index (κ2) is 7.53. The molecule has 2 aromatic heterocycles. The van der Waals surface area contributed by atoms with Crippen LogP contribution in [-0.2, 0) is 0 Å². The van der Waals surface area contributed by atoms with Crippen LogP contribution in [0.25, 0.3) is 11.2 Å². The van der Waals surface area contributed by atoms with Crippen molar-refractivity contribution in [2.24, 2.45) is 0 Å². The van der Waals surface area contributed by atoms with Gasteiger partial charge in [0.15, 0.2) is 11.3 Å². The summed E-state index contributed by atoms with van der Waals surface area (Å²) >= 11 is 0. The van der Waals surface area contributed by atoms with Crippen LogP contribution >= 0.6 is 0 Å². The molecule has 0 radical (unpaired) electrons. The van der Waals surface area contributed by atoms with E-state index in [-0.39, 0.29) is 0 Å². The van der Waals surface area contributed by atoms with E-state index in [0.29, 0.717) is 0 Å². The van der Waals surface area contributed by atoms with Gasteiger partial charge in [-0.3, -0.25) is 0 Å². The minimum atomic E-state index is 0.788. The number of hydrogen-bond donors (Lipinski definition) is 0. The van der Waals surface area contributed by atoms with Crippen molar-refractivity contribution >= 4 is 11.2 Å². The Hall–Kier alpha value is -1.22. The number of nitrogens with zero attached hydrogens (tertiary/aromatic N) is 1. The predicted octanol–water partition coefficient (Wildman–Crippen LogP) is 4.54. The number of furan rings is 2. The molecule has 1 aliphatic rings. The van der Waals surface area contributed by atoms with Gasteiger partial charge in [-0.1, -0.05) is 20.3 Å². The highest BCUT2D eigenvalue weighted by molar-refractivity contribution is 5.69. The fourth-order valence-corrected chi connectivity index (χ4v) is 2.70. The van der Waals surface area contributed by atoms with Gasteiger partial charge in [-0.25, -0.2) is 0 Å². The third-order valence-corrected chi connectivity index (χ3v) is 4.04. The Balaban J connectivity index is 0.000000160. The van der Waals surface area contributed by atoms with E-state index in [1.165, 1.54) is 25.8 Å². The van der Waals surface area contributed by atoms with Crippen molar-refractivity contribution in [3.63, 3.8) is 0 Å². The summed E-state index contributed by atoms with van der Waals surface area (Å²) in [5, 5.41) is 0. The van der Waals surface area contributed by atoms with E-state index in [4.69, 9.17) is 9.15 Å². The molecule has 2 aromatic rings. The Bertz CT molecular complexity index is 479. The number of unbranched alkanes of at least 4 members (excludes halogenated alkanes) is 1. The Morgan fingerprint density at radius 1 is 1.35 bits per heavy atom. The van der Waals surface area contributed by atoms with Gasteiger partial charge < -0.3 is 14.1 Å². The van der Waals surface area contributed by atoms with Crippen molar-refractivity contribution < 1.29 is 9.15 Å². The Morgan fingerprint density at radius 3 is 2.65 bits per heavy atom. The molecule has 20 heavy (non-hydrogen) atoms. The highest BCUT2D eigenvalue weighted by Gasteiger charge is 2.17. The summed E-state index contributed by atoms with van der Waals surface area (Å²) in [7, 11) is 2.22. The van der Waals surface area contributed by atoms with E-state index in [2.05, 4.69) is 25.8 Å². The van der Waals surface area contributed by atoms with Crippen molar-refractivity contribution in [3.8, 4) is 5.75 Å². The van der Waals surface area contributed by atoms with Gasteiger partial charge in [0.05, 0.1) is 6.61 Å². The predicted molar refractivity (Wildman–Crippen MR) is 83.7 cm³/mol. The Morgan fingerprint density at radius 2 is 2.20 bits per heavy atom. The Kier molecular flexibility index (Phi) is 5.72. The third kappa shape index (κ3) is 3.89. The second-order valence-corrected chi connectivity index (χ2v) is 5.60. The SMILES string of the molecule is CCC1CCCN1C.CCCCOc1cc2ccc1o2. The van der Waals surface area contributed by atoms with E-state index < -0.39 is 0 Å². The lowest BCUT2D eigenvalue weighted by Gasteiger charge is -2.16. The number of hydrogen-bond acceptors (Lipinski definition) is 3. The van der Waals surface area contributed by atoms with Crippen molar-refractivity contribution in [1.29, 1.82) is 0 Å². The van der Waals surface area contributed by atoms with Crippen LogP contribution in [0.5, 0.6) is 5.75 Å². The van der Waals surface area contributed by atoms with Crippen molar-refractivity contribution in [1.82, 2.24) is 4.90 Å². The van der Waals surface area contributed by atoms with Crippen LogP contribution in [0, 0.1) is 0 Å². The fraction of sp³-hybridized carbons (Fsp3) is 0.647. The highest BCUT2D eigenvalue weighted by atomic mass is 16.5. The molecule has 1 aliphatic heterocycles. The molecule has 0 aromatic carbocycles. The molecule has 2 bridgehead atoms. The molecule has 0 N–H and O–H groups in total. The van der Waals surface area contributed by atoms with Crippen LogP contribution in [0.1, 0.15) is 46.0 Å². The monoisotopic (exact) mass is 277 g/mol. The molecule has 1 atom stereocenters. The van der Waals surface area contributed by atoms with Gasteiger partial charge in [0.25, 0.3) is 0 Å². The van der Waals surface area contributed by atoms with Gasteiger partial charge in [-0.2, -0.15) is 0 Å². The lowest BCUT2D eigenvalue weighted by molar-refractivity contribution is 0.304. The molecule has 0 amide bonds. The summed E-state index contributed by atoms with van der Waals surface area (Å²) in [6.45, 7) is 6.53. The largest absolute Gasteiger partial charge is 0.490 e. The first-order valence-electron chi connectivity index (χ1n) is 7.89. The van der Waals surface area contributed by atoms with Crippen LogP contribution in [0.3, 0.4) is 0 Å². The first-order valence-corrected chi connectivity index (χ1v) is 7.89. The first-order chi connectivity index (χ1) is 9.74. The molecule has 3 rings (SSSR count). The smallest absolute Gasteiger partial charge is 0.169 e. The molecule has 1 fully saturated rings. The zero-order chi connectivity index (χ0) is 14.4. The summed E-state index contributed by atoms with van der Waals surface area (Å²) < 4.78 is 10.8. The van der Waals surface area contributed by atoms with E-state index >= 15 is 0 Å². The Labute approximate surface area is 122 Å². The number of ether oxygens (including phenoxy) is 1. The molecule has 0 saturated carbocycles. The maximum atomic E-state index is 5.50. The van der Waals surface area contributed by atoms with Gasteiger partial charge in [0.2, 0.25) is 0 Å². The molecule has 0 spiro atoms. The second-order valence-electron chi connectivity index (χ2n) is 5.60. The van der Waals surface area contributed by atoms with E-state index in [0.717, 1.165) is 42.4 Å². The average molecular weight is 277 g/mol. The maximum absolute atomic E-state index is 5.50. The van der Waals surface area contributed by atoms with Crippen LogP contribution in [0.4, 0.5) is 0 Å². The highest BCUT2D eigenvalue weighted by Crippen LogP contribution is 2.28. The lowest BCUT2D eigenvalue weighted by Crippen LogP contribution is -2.23. The van der Waals surface area contributed by atoms with Gasteiger partial charge in [-0.15, -0.1) is 0 Å². The first kappa shape index (κ1) is 15.2. The average Bonchev–Trinajstić information content (AvgIpc) is 3.16. The minimum Gasteiger partial charge on any atom is -0.490 e. The zero-order valence-electron chi connectivity index (χ0n) is 13.0. The number of rotatable bonds is 5. The van der Waals surface area contributed by atoms with Gasteiger partial charge in [0.1, 0.15) is 5.58 Å². The van der Waals surface area contributed by atoms with Gasteiger partial charge in [-0.05, 0) is 51.4 Å². The molecule has 3 heterocycles. The molecule has 112 valence electrons. The van der Waals surface area contributed by atoms with Crippen LogP contribution < -0.4 is 4.74 Å². The molecule has 3 heteroatoms. The van der Waals surface area contributed by atoms with Crippen molar-refractivity contribution in [3.05, 3.63) is 18.2 Å². The van der Waals surface area contributed by atoms with E-state index in [1.54, 1.807) is 0 Å². The maximum Gasteiger partial charge on any atom is 0.169 e. The lowest BCUT2D eigenvalue weighted by atomic mass is 10.2. The number of benzene rings is 1. The quantitative estimate of drug-likeness (QED) is 0.750. The summed E-state index contributed by atoms with van der Waals surface area (Å²) in [5.74, 6) is 0.890. The number of fused-ring (bicyclic) bond motifs is 2. The molecule has 0 aliphatic carbocycles. The van der Waals surface area contributed by atoms with Crippen molar-refractivity contribution in [2.45, 2.75) is 52.0 Å². The minimum absolute atomic E-state index is 0.788. The van der Waals surface area contributed by atoms with Gasteiger partial charge in [0, 0.05) is 12.1 Å².